The zero-order chi connectivity index (χ0) is 12.1. The molecule has 6 nitrogen and oxygen atoms in total. The molecule has 0 spiro atoms. The number of aryl methyl sites for hydroxylation is 1. The van der Waals surface area contributed by atoms with Crippen LogP contribution in [-0.2, 0) is 16.0 Å². The lowest BCUT2D eigenvalue weighted by atomic mass is 10.2. The van der Waals surface area contributed by atoms with Gasteiger partial charge in [-0.25, -0.2) is 0 Å². The standard InChI is InChI=1S/C10H16N4O2/c1-4-8-5-11-13-10(8)12-9(16)6-14(3)7(2)15/h5H,4,6H2,1-3H3,(H2,11,12,13,16). The van der Waals surface area contributed by atoms with Crippen molar-refractivity contribution in [2.24, 2.45) is 0 Å². The molecule has 1 rings (SSSR count). The van der Waals surface area contributed by atoms with Crippen molar-refractivity contribution in [3.8, 4) is 0 Å². The highest BCUT2D eigenvalue weighted by molar-refractivity contribution is 5.93. The molecule has 0 saturated carbocycles. The van der Waals surface area contributed by atoms with Crippen LogP contribution in [0.4, 0.5) is 5.82 Å². The van der Waals surface area contributed by atoms with Crippen LogP contribution in [-0.4, -0.2) is 40.5 Å². The molecule has 0 atom stereocenters. The molecule has 0 aromatic carbocycles. The summed E-state index contributed by atoms with van der Waals surface area (Å²) in [5.41, 5.74) is 0.943. The maximum Gasteiger partial charge on any atom is 0.245 e. The van der Waals surface area contributed by atoms with Crippen molar-refractivity contribution >= 4 is 17.6 Å². The van der Waals surface area contributed by atoms with Crippen LogP contribution in [0.1, 0.15) is 19.4 Å². The van der Waals surface area contributed by atoms with Crippen LogP contribution in [0.25, 0.3) is 0 Å². The first-order chi connectivity index (χ1) is 7.54. The van der Waals surface area contributed by atoms with Gasteiger partial charge in [-0.2, -0.15) is 5.10 Å². The summed E-state index contributed by atoms with van der Waals surface area (Å²) in [5.74, 6) is 0.219. The fourth-order valence-corrected chi connectivity index (χ4v) is 1.19. The number of carbonyl (C=O) groups excluding carboxylic acids is 2. The van der Waals surface area contributed by atoms with Crippen LogP contribution in [0.3, 0.4) is 0 Å². The third-order valence-electron chi connectivity index (χ3n) is 2.28. The highest BCUT2D eigenvalue weighted by Crippen LogP contribution is 2.10. The van der Waals surface area contributed by atoms with Crippen molar-refractivity contribution in [3.05, 3.63) is 11.8 Å². The van der Waals surface area contributed by atoms with Crippen molar-refractivity contribution < 1.29 is 9.59 Å². The Morgan fingerprint density at radius 1 is 1.56 bits per heavy atom. The third kappa shape index (κ3) is 3.08. The fourth-order valence-electron chi connectivity index (χ4n) is 1.19. The predicted molar refractivity (Wildman–Crippen MR) is 59.9 cm³/mol. The van der Waals surface area contributed by atoms with Crippen LogP contribution in [0.15, 0.2) is 6.20 Å². The largest absolute Gasteiger partial charge is 0.337 e. The van der Waals surface area contributed by atoms with E-state index < -0.39 is 0 Å². The molecular formula is C10H16N4O2. The highest BCUT2D eigenvalue weighted by atomic mass is 16.2. The molecule has 0 aliphatic heterocycles. The number of likely N-dealkylation sites (N-methyl/N-ethyl adjacent to an activating group) is 1. The van der Waals surface area contributed by atoms with Crippen molar-refractivity contribution in [3.63, 3.8) is 0 Å². The van der Waals surface area contributed by atoms with Crippen LogP contribution in [0.5, 0.6) is 0 Å². The quantitative estimate of drug-likeness (QED) is 0.776. The maximum absolute atomic E-state index is 11.5. The van der Waals surface area contributed by atoms with Gasteiger partial charge in [0, 0.05) is 19.5 Å². The van der Waals surface area contributed by atoms with Gasteiger partial charge in [0.25, 0.3) is 0 Å². The van der Waals surface area contributed by atoms with Crippen LogP contribution in [0.2, 0.25) is 0 Å². The first-order valence-electron chi connectivity index (χ1n) is 5.08. The molecule has 0 aliphatic rings. The van der Waals surface area contributed by atoms with Crippen molar-refractivity contribution in [2.75, 3.05) is 18.9 Å². The molecule has 2 amide bonds. The van der Waals surface area contributed by atoms with E-state index in [0.29, 0.717) is 5.82 Å². The van der Waals surface area contributed by atoms with E-state index in [1.807, 2.05) is 6.92 Å². The normalized spacial score (nSPS) is 9.94. The summed E-state index contributed by atoms with van der Waals surface area (Å²) >= 11 is 0. The van der Waals surface area contributed by atoms with Crippen molar-refractivity contribution in [1.29, 1.82) is 0 Å². The lowest BCUT2D eigenvalue weighted by molar-refractivity contribution is -0.131. The number of hydrogen-bond acceptors (Lipinski definition) is 3. The maximum atomic E-state index is 11.5. The number of carbonyl (C=O) groups is 2. The summed E-state index contributed by atoms with van der Waals surface area (Å²) in [5, 5.41) is 9.22. The number of hydrogen-bond donors (Lipinski definition) is 2. The van der Waals surface area contributed by atoms with E-state index in [2.05, 4.69) is 15.5 Å². The van der Waals surface area contributed by atoms with Gasteiger partial charge in [0.2, 0.25) is 11.8 Å². The summed E-state index contributed by atoms with van der Waals surface area (Å²) < 4.78 is 0. The van der Waals surface area contributed by atoms with Gasteiger partial charge in [0.05, 0.1) is 12.7 Å². The van der Waals surface area contributed by atoms with Crippen LogP contribution in [0, 0.1) is 0 Å². The van der Waals surface area contributed by atoms with Gasteiger partial charge in [-0.15, -0.1) is 0 Å². The Labute approximate surface area is 94.0 Å². The minimum Gasteiger partial charge on any atom is -0.337 e. The second-order valence-electron chi connectivity index (χ2n) is 3.55. The summed E-state index contributed by atoms with van der Waals surface area (Å²) in [7, 11) is 1.58. The molecule has 6 heteroatoms. The number of amides is 2. The molecule has 0 aliphatic carbocycles. The Morgan fingerprint density at radius 3 is 2.81 bits per heavy atom. The zero-order valence-electron chi connectivity index (χ0n) is 9.70. The summed E-state index contributed by atoms with van der Waals surface area (Å²) in [6.45, 7) is 3.43. The van der Waals surface area contributed by atoms with Gasteiger partial charge >= 0.3 is 0 Å². The first kappa shape index (κ1) is 12.2. The van der Waals surface area contributed by atoms with Gasteiger partial charge in [-0.05, 0) is 6.42 Å². The minimum absolute atomic E-state index is 0.0392. The Balaban J connectivity index is 2.55. The predicted octanol–water partition coefficient (Wildman–Crippen LogP) is 0.389. The number of rotatable bonds is 4. The number of aromatic amines is 1. The van der Waals surface area contributed by atoms with Crippen molar-refractivity contribution in [1.82, 2.24) is 15.1 Å². The molecular weight excluding hydrogens is 208 g/mol. The van der Waals surface area contributed by atoms with E-state index in [1.165, 1.54) is 11.8 Å². The molecule has 2 N–H and O–H groups in total. The van der Waals surface area contributed by atoms with E-state index >= 15 is 0 Å². The van der Waals surface area contributed by atoms with Crippen LogP contribution >= 0.6 is 0 Å². The van der Waals surface area contributed by atoms with Gasteiger partial charge in [0.15, 0.2) is 0 Å². The Kier molecular flexibility index (Phi) is 4.04. The Bertz CT molecular complexity index is 386. The van der Waals surface area contributed by atoms with Gasteiger partial charge in [-0.3, -0.25) is 14.7 Å². The molecule has 0 fully saturated rings. The second-order valence-corrected chi connectivity index (χ2v) is 3.55. The number of nitrogens with zero attached hydrogens (tertiary/aromatic N) is 2. The molecule has 0 bridgehead atoms. The number of anilines is 1. The van der Waals surface area contributed by atoms with Crippen molar-refractivity contribution in [2.45, 2.75) is 20.3 Å². The van der Waals surface area contributed by atoms with Gasteiger partial charge in [0.1, 0.15) is 5.82 Å². The first-order valence-corrected chi connectivity index (χ1v) is 5.08. The number of nitrogens with one attached hydrogen (secondary N) is 2. The molecule has 0 radical (unpaired) electrons. The highest BCUT2D eigenvalue weighted by Gasteiger charge is 2.11. The second kappa shape index (κ2) is 5.29. The minimum atomic E-state index is -0.239. The SMILES string of the molecule is CCc1cn[nH]c1NC(=O)CN(C)C(C)=O. The smallest absolute Gasteiger partial charge is 0.245 e. The van der Waals surface area contributed by atoms with E-state index in [4.69, 9.17) is 0 Å². The molecule has 16 heavy (non-hydrogen) atoms. The molecule has 88 valence electrons. The van der Waals surface area contributed by atoms with Gasteiger partial charge in [-0.1, -0.05) is 6.92 Å². The topological polar surface area (TPSA) is 78.1 Å². The Hall–Kier alpha value is -1.85. The van der Waals surface area contributed by atoms with Gasteiger partial charge < -0.3 is 10.2 Å². The molecule has 0 saturated heterocycles. The van der Waals surface area contributed by atoms with Crippen LogP contribution < -0.4 is 5.32 Å². The van der Waals surface area contributed by atoms with E-state index in [9.17, 15) is 9.59 Å². The Morgan fingerprint density at radius 2 is 2.25 bits per heavy atom. The fraction of sp³-hybridized carbons (Fsp3) is 0.500. The average molecular weight is 224 g/mol. The number of aromatic nitrogens is 2. The molecule has 1 aromatic rings. The molecule has 1 heterocycles. The lowest BCUT2D eigenvalue weighted by Gasteiger charge is -2.13. The number of H-pyrrole nitrogens is 1. The third-order valence-corrected chi connectivity index (χ3v) is 2.28. The monoisotopic (exact) mass is 224 g/mol. The summed E-state index contributed by atoms with van der Waals surface area (Å²) in [6.07, 6.45) is 2.46. The lowest BCUT2D eigenvalue weighted by Crippen LogP contribution is -2.33. The average Bonchev–Trinajstić information content (AvgIpc) is 2.64. The molecule has 0 unspecified atom stereocenters. The van der Waals surface area contributed by atoms with E-state index in [1.54, 1.807) is 13.2 Å². The van der Waals surface area contributed by atoms with E-state index in [-0.39, 0.29) is 18.4 Å². The van der Waals surface area contributed by atoms with E-state index in [0.717, 1.165) is 12.0 Å². The zero-order valence-corrected chi connectivity index (χ0v) is 9.70. The summed E-state index contributed by atoms with van der Waals surface area (Å²) in [6, 6.07) is 0. The molecule has 1 aromatic heterocycles. The summed E-state index contributed by atoms with van der Waals surface area (Å²) in [4.78, 5) is 23.8.